The molecule has 1 fully saturated rings. The van der Waals surface area contributed by atoms with Crippen LogP contribution in [0.5, 0.6) is 0 Å². The fraction of sp³-hybridized carbons (Fsp3) is 0.200. The molecule has 1 amide bonds. The molecule has 2 N–H and O–H groups in total. The molecule has 2 aromatic carbocycles. The summed E-state index contributed by atoms with van der Waals surface area (Å²) in [5.41, 5.74) is 4.53. The Kier molecular flexibility index (Phi) is 5.26. The number of carbonyl (C=O) groups excluding carboxylic acids is 1. The molecule has 1 aliphatic carbocycles. The van der Waals surface area contributed by atoms with Crippen molar-refractivity contribution in [3.8, 4) is 11.3 Å². The molecular weight excluding hydrogens is 436 g/mol. The number of pyridine rings is 1. The zero-order chi connectivity index (χ0) is 23.2. The van der Waals surface area contributed by atoms with Gasteiger partial charge in [-0.1, -0.05) is 36.4 Å². The Morgan fingerprint density at radius 3 is 2.58 bits per heavy atom. The van der Waals surface area contributed by atoms with Crippen LogP contribution in [-0.2, 0) is 16.6 Å². The second-order valence-corrected chi connectivity index (χ2v) is 10.4. The summed E-state index contributed by atoms with van der Waals surface area (Å²) in [6, 6.07) is 19.8. The van der Waals surface area contributed by atoms with Gasteiger partial charge in [-0.3, -0.25) is 9.78 Å². The molecule has 4 aromatic rings. The SMILES string of the molecule is CS(=O)(=O)N(N)C(=O)c1cc(C2CC2)cnc1-c1ccc2c(ccn2Cc2ccccc2)c1. The van der Waals surface area contributed by atoms with Crippen LogP contribution in [0.15, 0.2) is 73.1 Å². The molecule has 5 rings (SSSR count). The summed E-state index contributed by atoms with van der Waals surface area (Å²) in [7, 11) is -3.90. The van der Waals surface area contributed by atoms with E-state index < -0.39 is 15.9 Å². The summed E-state index contributed by atoms with van der Waals surface area (Å²) in [4.78, 5) is 17.6. The topological polar surface area (TPSA) is 98.3 Å². The highest BCUT2D eigenvalue weighted by Crippen LogP contribution is 2.41. The van der Waals surface area contributed by atoms with Crippen LogP contribution in [0.4, 0.5) is 0 Å². The summed E-state index contributed by atoms with van der Waals surface area (Å²) in [5, 5.41) is 1.00. The van der Waals surface area contributed by atoms with Crippen molar-refractivity contribution in [2.45, 2.75) is 25.3 Å². The van der Waals surface area contributed by atoms with Crippen molar-refractivity contribution in [3.05, 3.63) is 89.7 Å². The average molecular weight is 461 g/mol. The van der Waals surface area contributed by atoms with E-state index in [1.54, 1.807) is 12.3 Å². The molecule has 0 bridgehead atoms. The van der Waals surface area contributed by atoms with E-state index in [0.29, 0.717) is 16.0 Å². The molecule has 1 saturated carbocycles. The molecule has 0 radical (unpaired) electrons. The lowest BCUT2D eigenvalue weighted by Gasteiger charge is -2.17. The number of sulfonamides is 1. The number of fused-ring (bicyclic) bond motifs is 1. The number of nitrogens with zero attached hydrogens (tertiary/aromatic N) is 3. The van der Waals surface area contributed by atoms with Gasteiger partial charge in [0.15, 0.2) is 0 Å². The summed E-state index contributed by atoms with van der Waals surface area (Å²) in [6.07, 6.45) is 6.78. The molecule has 0 atom stereocenters. The van der Waals surface area contributed by atoms with E-state index in [1.165, 1.54) is 5.56 Å². The Balaban J connectivity index is 1.55. The second kappa shape index (κ2) is 8.13. The molecule has 0 spiro atoms. The third-order valence-corrected chi connectivity index (χ3v) is 6.87. The van der Waals surface area contributed by atoms with Gasteiger partial charge < -0.3 is 4.57 Å². The maximum Gasteiger partial charge on any atom is 0.284 e. The van der Waals surface area contributed by atoms with Crippen LogP contribution in [-0.4, -0.2) is 34.5 Å². The lowest BCUT2D eigenvalue weighted by atomic mass is 10.0. The van der Waals surface area contributed by atoms with Crippen LogP contribution < -0.4 is 5.84 Å². The van der Waals surface area contributed by atoms with Crippen molar-refractivity contribution in [2.24, 2.45) is 5.84 Å². The third kappa shape index (κ3) is 4.27. The van der Waals surface area contributed by atoms with Crippen molar-refractivity contribution in [3.63, 3.8) is 0 Å². The van der Waals surface area contributed by atoms with Crippen molar-refractivity contribution < 1.29 is 13.2 Å². The minimum absolute atomic E-state index is 0.190. The first kappa shape index (κ1) is 21.4. The molecule has 1 aliphatic rings. The number of rotatable bonds is 6. The van der Waals surface area contributed by atoms with Gasteiger partial charge >= 0.3 is 0 Å². The van der Waals surface area contributed by atoms with Crippen molar-refractivity contribution in [2.75, 3.05) is 6.26 Å². The molecule has 2 heterocycles. The normalized spacial score (nSPS) is 13.9. The van der Waals surface area contributed by atoms with Crippen LogP contribution in [0.1, 0.15) is 40.2 Å². The van der Waals surface area contributed by atoms with Gasteiger partial charge in [-0.15, -0.1) is 0 Å². The largest absolute Gasteiger partial charge is 0.343 e. The van der Waals surface area contributed by atoms with Crippen LogP contribution in [0.2, 0.25) is 0 Å². The first-order valence-electron chi connectivity index (χ1n) is 10.7. The standard InChI is InChI=1S/C25H24N4O3S/c1-33(31,32)29(26)25(30)22-14-21(18-7-8-18)15-27-24(22)20-9-10-23-19(13-20)11-12-28(23)16-17-5-3-2-4-6-17/h2-6,9-15,18H,7-8,16,26H2,1H3. The van der Waals surface area contributed by atoms with Crippen LogP contribution in [0.3, 0.4) is 0 Å². The zero-order valence-corrected chi connectivity index (χ0v) is 19.0. The van der Waals surface area contributed by atoms with E-state index in [4.69, 9.17) is 5.84 Å². The number of hydrogen-bond acceptors (Lipinski definition) is 5. The number of hydrazine groups is 1. The maximum atomic E-state index is 13.0. The summed E-state index contributed by atoms with van der Waals surface area (Å²) >= 11 is 0. The molecule has 8 heteroatoms. The van der Waals surface area contributed by atoms with Gasteiger partial charge in [0.1, 0.15) is 0 Å². The van der Waals surface area contributed by atoms with E-state index in [0.717, 1.165) is 47.7 Å². The number of aromatic nitrogens is 2. The maximum absolute atomic E-state index is 13.0. The Labute approximate surface area is 192 Å². The van der Waals surface area contributed by atoms with Gasteiger partial charge in [-0.05, 0) is 54.2 Å². The van der Waals surface area contributed by atoms with Gasteiger partial charge in [0.05, 0.1) is 17.5 Å². The zero-order valence-electron chi connectivity index (χ0n) is 18.2. The summed E-state index contributed by atoms with van der Waals surface area (Å²) in [5.74, 6) is 5.22. The molecule has 0 saturated heterocycles. The highest BCUT2D eigenvalue weighted by molar-refractivity contribution is 7.88. The van der Waals surface area contributed by atoms with E-state index in [9.17, 15) is 13.2 Å². The predicted molar refractivity (Wildman–Crippen MR) is 128 cm³/mol. The first-order valence-corrected chi connectivity index (χ1v) is 12.6. The van der Waals surface area contributed by atoms with Crippen LogP contribution >= 0.6 is 0 Å². The van der Waals surface area contributed by atoms with E-state index in [1.807, 2.05) is 48.7 Å². The second-order valence-electron chi connectivity index (χ2n) is 8.51. The average Bonchev–Trinajstić information content (AvgIpc) is 3.59. The monoisotopic (exact) mass is 460 g/mol. The van der Waals surface area contributed by atoms with Crippen molar-refractivity contribution >= 4 is 26.8 Å². The minimum Gasteiger partial charge on any atom is -0.343 e. The molecule has 2 aromatic heterocycles. The summed E-state index contributed by atoms with van der Waals surface area (Å²) < 4.78 is 26.3. The Bertz CT molecular complexity index is 1460. The highest BCUT2D eigenvalue weighted by Gasteiger charge is 2.29. The highest BCUT2D eigenvalue weighted by atomic mass is 32.2. The fourth-order valence-electron chi connectivity index (χ4n) is 4.05. The number of carbonyl (C=O) groups is 1. The molecule has 0 aliphatic heterocycles. The number of benzene rings is 2. The lowest BCUT2D eigenvalue weighted by Crippen LogP contribution is -2.42. The van der Waals surface area contributed by atoms with Crippen molar-refractivity contribution in [1.29, 1.82) is 0 Å². The number of nitrogens with two attached hydrogens (primary N) is 1. The first-order chi connectivity index (χ1) is 15.8. The fourth-order valence-corrected chi connectivity index (χ4v) is 4.45. The Morgan fingerprint density at radius 2 is 1.88 bits per heavy atom. The van der Waals surface area contributed by atoms with Gasteiger partial charge in [-0.2, -0.15) is 4.41 Å². The smallest absolute Gasteiger partial charge is 0.284 e. The van der Waals surface area contributed by atoms with E-state index >= 15 is 0 Å². The van der Waals surface area contributed by atoms with Gasteiger partial charge in [0, 0.05) is 35.4 Å². The van der Waals surface area contributed by atoms with Gasteiger partial charge in [0.25, 0.3) is 5.91 Å². The predicted octanol–water partition coefficient (Wildman–Crippen LogP) is 3.90. The van der Waals surface area contributed by atoms with E-state index in [2.05, 4.69) is 21.7 Å². The van der Waals surface area contributed by atoms with Gasteiger partial charge in [0.2, 0.25) is 10.0 Å². The van der Waals surface area contributed by atoms with E-state index in [-0.39, 0.29) is 5.56 Å². The quantitative estimate of drug-likeness (QED) is 0.267. The van der Waals surface area contributed by atoms with Crippen molar-refractivity contribution in [1.82, 2.24) is 14.0 Å². The summed E-state index contributed by atoms with van der Waals surface area (Å²) in [6.45, 7) is 0.748. The Hall–Kier alpha value is -3.49. The lowest BCUT2D eigenvalue weighted by molar-refractivity contribution is 0.0862. The molecule has 168 valence electrons. The molecular formula is C25H24N4O3S. The molecule has 0 unspecified atom stereocenters. The van der Waals surface area contributed by atoms with Crippen LogP contribution in [0.25, 0.3) is 22.2 Å². The van der Waals surface area contributed by atoms with Gasteiger partial charge in [-0.25, -0.2) is 14.3 Å². The minimum atomic E-state index is -3.90. The molecule has 7 nitrogen and oxygen atoms in total. The number of amides is 1. The molecule has 33 heavy (non-hydrogen) atoms. The third-order valence-electron chi connectivity index (χ3n) is 5.99. The Morgan fingerprint density at radius 1 is 1.12 bits per heavy atom. The number of hydrogen-bond donors (Lipinski definition) is 1. The van der Waals surface area contributed by atoms with Crippen LogP contribution in [0, 0.1) is 0 Å².